The summed E-state index contributed by atoms with van der Waals surface area (Å²) in [6.45, 7) is 2.51. The second kappa shape index (κ2) is 107. The first-order valence-corrected chi connectivity index (χ1v) is 57.7. The number of unbranched alkanes of at least 4 members (excludes halogenated alkanes) is 48. The Kier molecular flexibility index (Phi) is 103. The van der Waals surface area contributed by atoms with E-state index in [0.29, 0.717) is 19.3 Å². The number of hydrogen-bond acceptors (Lipinski definition) is 14. The largest absolute Gasteiger partial charge is 0.472 e. The number of hydrogen-bond donors (Lipinski definition) is 4. The summed E-state index contributed by atoms with van der Waals surface area (Å²) in [7, 11) is -9.83. The van der Waals surface area contributed by atoms with Crippen molar-refractivity contribution in [3.8, 4) is 0 Å². The van der Waals surface area contributed by atoms with Crippen LogP contribution in [-0.2, 0) is 55.8 Å². The maximum atomic E-state index is 13.2. The van der Waals surface area contributed by atoms with E-state index in [4.69, 9.17) is 32.3 Å². The predicted molar refractivity (Wildman–Crippen MR) is 574 cm³/mol. The molecule has 0 saturated carbocycles. The van der Waals surface area contributed by atoms with Gasteiger partial charge >= 0.3 is 33.6 Å². The van der Waals surface area contributed by atoms with Gasteiger partial charge in [0.25, 0.3) is 0 Å². The minimum Gasteiger partial charge on any atom is -0.463 e. The van der Waals surface area contributed by atoms with Gasteiger partial charge < -0.3 is 34.2 Å². The first kappa shape index (κ1) is 129. The van der Waals surface area contributed by atoms with Gasteiger partial charge in [-0.05, 0) is 167 Å². The molecule has 0 aliphatic heterocycles. The van der Waals surface area contributed by atoms with Crippen LogP contribution in [0.4, 0.5) is 0 Å². The Balaban J connectivity index is 4.61. The highest BCUT2D eigenvalue weighted by molar-refractivity contribution is 7.47. The number of aliphatic hydroxyl groups excluding tert-OH is 2. The average molecular weight is 1920 g/mol. The minimum atomic E-state index is -4.95. The number of ether oxygens (including phenoxy) is 3. The highest BCUT2D eigenvalue weighted by Gasteiger charge is 2.30. The molecule has 5 atom stereocenters. The summed E-state index contributed by atoms with van der Waals surface area (Å²) < 4.78 is 61.8. The van der Waals surface area contributed by atoms with Gasteiger partial charge in [-0.25, -0.2) is 9.13 Å². The van der Waals surface area contributed by atoms with Crippen LogP contribution in [0.15, 0.2) is 194 Å². The maximum Gasteiger partial charge on any atom is 0.472 e. The molecule has 18 heteroatoms. The summed E-state index contributed by atoms with van der Waals surface area (Å²) in [5.41, 5.74) is 0. The third kappa shape index (κ3) is 109. The number of phosphoric ester groups is 2. The SMILES string of the molecule is CC/C=C\C/C=C\C/C=C\C/C=C\C/C=C\C/C=C\CCCCCCCCCCCCCCCCCCC(=O)OCC(O)COP(=O)(O)OCC(O)COP(=O)(O)OCC(COC(=O)CCCCCCCCCCCCCCCCCCC/C=C\C/C=C\C/C=C\C/C=C\CCCCC)OC(=O)CCCCCCCCCCCCCC/C=C\C/C=C\C/C=C\C/C=C\C/C=C\C/C=C\CC. The minimum absolute atomic E-state index is 0.0986. The van der Waals surface area contributed by atoms with E-state index in [1.807, 2.05) is 0 Å². The van der Waals surface area contributed by atoms with E-state index in [2.05, 4.69) is 215 Å². The lowest BCUT2D eigenvalue weighted by Gasteiger charge is -2.21. The summed E-state index contributed by atoms with van der Waals surface area (Å²) >= 11 is 0. The fourth-order valence-corrected chi connectivity index (χ4v) is 16.7. The smallest absolute Gasteiger partial charge is 0.463 e. The van der Waals surface area contributed by atoms with E-state index in [1.165, 1.54) is 244 Å². The molecule has 0 bridgehead atoms. The van der Waals surface area contributed by atoms with Gasteiger partial charge in [0.05, 0.1) is 26.4 Å². The molecule has 0 aromatic carbocycles. The zero-order valence-electron chi connectivity index (χ0n) is 86.0. The van der Waals surface area contributed by atoms with E-state index in [1.54, 1.807) is 0 Å². The van der Waals surface area contributed by atoms with Crippen molar-refractivity contribution in [1.29, 1.82) is 0 Å². The van der Waals surface area contributed by atoms with Crippen molar-refractivity contribution in [3.63, 3.8) is 0 Å². The number of phosphoric acid groups is 2. The number of carbonyl (C=O) groups excluding carboxylic acids is 3. The van der Waals surface area contributed by atoms with Gasteiger partial charge in [0, 0.05) is 19.3 Å². The van der Waals surface area contributed by atoms with Crippen LogP contribution in [0.5, 0.6) is 0 Å². The Morgan fingerprint density at radius 1 is 0.215 bits per heavy atom. The molecule has 0 aromatic rings. The van der Waals surface area contributed by atoms with Crippen molar-refractivity contribution in [3.05, 3.63) is 194 Å². The zero-order chi connectivity index (χ0) is 97.8. The van der Waals surface area contributed by atoms with Crippen molar-refractivity contribution < 1.29 is 75.8 Å². The Labute approximate surface area is 827 Å². The van der Waals surface area contributed by atoms with Gasteiger partial charge in [-0.2, -0.15) is 0 Å². The molecule has 0 heterocycles. The zero-order valence-corrected chi connectivity index (χ0v) is 87.8. The van der Waals surface area contributed by atoms with E-state index in [9.17, 15) is 43.5 Å². The fraction of sp³-hybridized carbons (Fsp3) is 0.701. The third-order valence-electron chi connectivity index (χ3n) is 23.3. The number of aliphatic hydroxyl groups is 2. The summed E-state index contributed by atoms with van der Waals surface area (Å²) in [4.78, 5) is 59.3. The molecule has 0 aliphatic rings. The normalized spacial score (nSPS) is 14.3. The van der Waals surface area contributed by atoms with Crippen LogP contribution in [0.3, 0.4) is 0 Å². The van der Waals surface area contributed by atoms with Crippen molar-refractivity contribution in [2.75, 3.05) is 39.6 Å². The predicted octanol–water partition coefficient (Wildman–Crippen LogP) is 35.2. The molecule has 4 N–H and O–H groups in total. The standard InChI is InChI=1S/C117H200O16P2/c1-4-7-10-13-16-19-22-25-28-31-34-37-40-43-46-49-52-54-55-57-60-61-64-67-70-73-76-79-82-85-88-91-94-97-100-103-115(120)127-106-112(118)107-129-134(123,124)130-108-113(119)109-131-135(125,126)132-111-114(133-117(122)105-102-99-96-93-90-87-84-81-78-75-72-69-66-63-58-51-48-45-42-39-36-33-30-27-24-21-18-15-12-9-6-3)110-128-116(121)104-101-98-95-92-89-86-83-80-77-74-71-68-65-62-59-56-53-50-47-44-41-38-35-32-29-26-23-20-17-14-11-8-5-2/h7,9-10,12,16-21,25-30,34-39,43-48,52,54,58,63,112-114,118-119H,4-6,8,11,13-15,22-24,31-33,40-42,49-51,53,55-57,59-62,64-111H2,1-3H3,(H,123,124)(H,125,126)/b10-7-,12-9-,19-16-,20-17-,21-18-,28-25-,29-26-,30-27-,37-34-,38-35-,39-36-,46-43-,47-44-,48-45-,54-52-,63-58-. The van der Waals surface area contributed by atoms with Crippen LogP contribution >= 0.6 is 15.6 Å². The van der Waals surface area contributed by atoms with E-state index >= 15 is 0 Å². The van der Waals surface area contributed by atoms with Gasteiger partial charge in [-0.3, -0.25) is 32.5 Å². The molecule has 0 fully saturated rings. The molecule has 0 radical (unpaired) electrons. The topological polar surface area (TPSA) is 231 Å². The number of carbonyl (C=O) groups is 3. The van der Waals surface area contributed by atoms with Crippen LogP contribution < -0.4 is 0 Å². The average Bonchev–Trinajstić information content (AvgIpc) is 0.900. The molecule has 0 aromatic heterocycles. The molecule has 774 valence electrons. The van der Waals surface area contributed by atoms with Crippen LogP contribution in [0.2, 0.25) is 0 Å². The third-order valence-corrected chi connectivity index (χ3v) is 25.2. The van der Waals surface area contributed by atoms with Gasteiger partial charge in [0.15, 0.2) is 6.10 Å². The quantitative estimate of drug-likeness (QED) is 0.0146. The van der Waals surface area contributed by atoms with Crippen LogP contribution in [-0.4, -0.2) is 95.9 Å². The summed E-state index contributed by atoms with van der Waals surface area (Å²) in [6, 6.07) is 0. The molecular formula is C117H200O16P2. The molecule has 0 saturated heterocycles. The molecule has 135 heavy (non-hydrogen) atoms. The van der Waals surface area contributed by atoms with E-state index in [-0.39, 0.29) is 19.3 Å². The summed E-state index contributed by atoms with van der Waals surface area (Å²) in [5, 5.41) is 20.8. The van der Waals surface area contributed by atoms with Crippen molar-refractivity contribution in [2.24, 2.45) is 0 Å². The molecule has 0 aliphatic carbocycles. The Hall–Kier alpha value is -5.61. The van der Waals surface area contributed by atoms with Crippen LogP contribution in [0.25, 0.3) is 0 Å². The Bertz CT molecular complexity index is 3240. The Morgan fingerprint density at radius 2 is 0.393 bits per heavy atom. The van der Waals surface area contributed by atoms with Crippen LogP contribution in [0, 0.1) is 0 Å². The van der Waals surface area contributed by atoms with E-state index < -0.39 is 91.5 Å². The summed E-state index contributed by atoms with van der Waals surface area (Å²) in [5.74, 6) is -1.56. The number of rotatable bonds is 103. The van der Waals surface area contributed by atoms with Crippen molar-refractivity contribution in [2.45, 2.75) is 489 Å². The molecular weight excluding hydrogens is 1720 g/mol. The van der Waals surface area contributed by atoms with E-state index in [0.717, 1.165) is 167 Å². The monoisotopic (exact) mass is 1920 g/mol. The molecule has 0 spiro atoms. The lowest BCUT2D eigenvalue weighted by Crippen LogP contribution is -2.30. The molecule has 16 nitrogen and oxygen atoms in total. The first-order valence-electron chi connectivity index (χ1n) is 54.7. The van der Waals surface area contributed by atoms with Gasteiger partial charge in [-0.15, -0.1) is 0 Å². The van der Waals surface area contributed by atoms with Gasteiger partial charge in [-0.1, -0.05) is 478 Å². The second-order valence-corrected chi connectivity index (χ2v) is 39.3. The van der Waals surface area contributed by atoms with Gasteiger partial charge in [0.2, 0.25) is 0 Å². The van der Waals surface area contributed by atoms with Gasteiger partial charge in [0.1, 0.15) is 25.4 Å². The Morgan fingerprint density at radius 3 is 0.622 bits per heavy atom. The van der Waals surface area contributed by atoms with Crippen molar-refractivity contribution >= 4 is 33.6 Å². The number of allylic oxidation sites excluding steroid dienone is 32. The lowest BCUT2D eigenvalue weighted by molar-refractivity contribution is -0.161. The lowest BCUT2D eigenvalue weighted by atomic mass is 10.0. The number of esters is 3. The molecule has 5 unspecified atom stereocenters. The fourth-order valence-electron chi connectivity index (χ4n) is 15.1. The molecule has 0 amide bonds. The highest BCUT2D eigenvalue weighted by atomic mass is 31.2. The first-order chi connectivity index (χ1) is 66.2. The highest BCUT2D eigenvalue weighted by Crippen LogP contribution is 2.45. The van der Waals surface area contributed by atoms with Crippen molar-refractivity contribution in [1.82, 2.24) is 0 Å². The second-order valence-electron chi connectivity index (χ2n) is 36.4. The maximum absolute atomic E-state index is 13.2. The van der Waals surface area contributed by atoms with Crippen LogP contribution in [0.1, 0.15) is 470 Å². The summed E-state index contributed by atoms with van der Waals surface area (Å²) in [6.07, 6.45) is 145. The molecule has 0 rings (SSSR count).